The van der Waals surface area contributed by atoms with Crippen molar-refractivity contribution in [2.45, 2.75) is 63.9 Å². The summed E-state index contributed by atoms with van der Waals surface area (Å²) in [5.74, 6) is 0.431. The molecule has 0 aromatic carbocycles. The van der Waals surface area contributed by atoms with E-state index in [1.165, 1.54) is 6.26 Å². The van der Waals surface area contributed by atoms with Crippen LogP contribution in [0.3, 0.4) is 0 Å². The summed E-state index contributed by atoms with van der Waals surface area (Å²) in [6, 6.07) is 1.78. The summed E-state index contributed by atoms with van der Waals surface area (Å²) in [5.41, 5.74) is 6.77. The Morgan fingerprint density at radius 1 is 1.30 bits per heavy atom. The highest BCUT2D eigenvalue weighted by molar-refractivity contribution is 7.93. The van der Waals surface area contributed by atoms with Gasteiger partial charge in [-0.3, -0.25) is 4.78 Å². The number of hydrogen-bond acceptors (Lipinski definition) is 6. The fourth-order valence-electron chi connectivity index (χ4n) is 2.91. The zero-order valence-corrected chi connectivity index (χ0v) is 18.4. The Balaban J connectivity index is 2.45. The van der Waals surface area contributed by atoms with Crippen LogP contribution in [0.15, 0.2) is 18.5 Å². The van der Waals surface area contributed by atoms with Crippen LogP contribution in [-0.2, 0) is 15.3 Å². The predicted molar refractivity (Wildman–Crippen MR) is 112 cm³/mol. The van der Waals surface area contributed by atoms with E-state index in [0.29, 0.717) is 17.5 Å². The third kappa shape index (κ3) is 4.70. The van der Waals surface area contributed by atoms with Crippen LogP contribution in [-0.4, -0.2) is 31.3 Å². The molecule has 2 aromatic heterocycles. The average molecular weight is 413 g/mol. The van der Waals surface area contributed by atoms with E-state index in [2.05, 4.69) is 9.97 Å². The highest BCUT2D eigenvalue weighted by Gasteiger charge is 2.30. The van der Waals surface area contributed by atoms with Gasteiger partial charge in [0.1, 0.15) is 5.15 Å². The van der Waals surface area contributed by atoms with Crippen molar-refractivity contribution in [1.82, 2.24) is 9.97 Å². The smallest absolute Gasteiger partial charge is 0.223 e. The second-order valence-electron chi connectivity index (χ2n) is 8.04. The molecule has 0 saturated heterocycles. The van der Waals surface area contributed by atoms with Crippen molar-refractivity contribution < 1.29 is 8.95 Å². The van der Waals surface area contributed by atoms with Crippen molar-refractivity contribution in [2.24, 2.45) is 5.73 Å². The lowest BCUT2D eigenvalue weighted by molar-refractivity contribution is 0.193. The van der Waals surface area contributed by atoms with Crippen molar-refractivity contribution >= 4 is 32.1 Å². The van der Waals surface area contributed by atoms with Crippen LogP contribution in [0.25, 0.3) is 10.8 Å². The molecule has 3 N–H and O–H groups in total. The molecule has 0 radical (unpaired) electrons. The van der Waals surface area contributed by atoms with Crippen molar-refractivity contribution in [1.29, 1.82) is 4.78 Å². The molecule has 3 atom stereocenters. The molecule has 2 aromatic rings. The number of rotatable bonds is 7. The minimum atomic E-state index is -2.71. The lowest BCUT2D eigenvalue weighted by Gasteiger charge is -2.29. The van der Waals surface area contributed by atoms with Crippen molar-refractivity contribution in [3.05, 3.63) is 29.2 Å². The van der Waals surface area contributed by atoms with E-state index in [0.717, 1.165) is 22.8 Å². The highest BCUT2D eigenvalue weighted by atomic mass is 35.5. The molecular weight excluding hydrogens is 384 g/mol. The lowest BCUT2D eigenvalue weighted by atomic mass is 9.89. The molecule has 2 heterocycles. The van der Waals surface area contributed by atoms with Crippen LogP contribution in [0, 0.1) is 4.78 Å². The number of ether oxygens (including phenoxy) is 1. The minimum Gasteiger partial charge on any atom is -0.474 e. The Hall–Kier alpha value is -1.44. The second-order valence-corrected chi connectivity index (χ2v) is 11.2. The first-order chi connectivity index (χ1) is 12.3. The van der Waals surface area contributed by atoms with Gasteiger partial charge in [-0.2, -0.15) is 0 Å². The molecule has 0 aliphatic heterocycles. The van der Waals surface area contributed by atoms with Crippen molar-refractivity contribution in [2.75, 3.05) is 6.26 Å². The molecule has 0 spiro atoms. The predicted octanol–water partition coefficient (Wildman–Crippen LogP) is 4.48. The zero-order valence-electron chi connectivity index (χ0n) is 16.8. The second kappa shape index (κ2) is 7.53. The maximum absolute atomic E-state index is 12.2. The molecule has 27 heavy (non-hydrogen) atoms. The first-order valence-electron chi connectivity index (χ1n) is 8.92. The largest absolute Gasteiger partial charge is 0.474 e. The van der Waals surface area contributed by atoms with E-state index in [9.17, 15) is 4.21 Å². The Bertz CT molecular complexity index is 942. The highest BCUT2D eigenvalue weighted by Crippen LogP contribution is 2.34. The molecule has 0 aliphatic rings. The van der Waals surface area contributed by atoms with Crippen molar-refractivity contribution in [3.63, 3.8) is 0 Å². The van der Waals surface area contributed by atoms with E-state index in [4.69, 9.17) is 26.9 Å². The summed E-state index contributed by atoms with van der Waals surface area (Å²) in [7, 11) is -2.71. The molecule has 2 rings (SSSR count). The number of hydrogen-bond donors (Lipinski definition) is 2. The van der Waals surface area contributed by atoms with Gasteiger partial charge in [0.2, 0.25) is 5.88 Å². The molecule has 8 heteroatoms. The Morgan fingerprint density at radius 3 is 2.48 bits per heavy atom. The minimum absolute atomic E-state index is 0.279. The number of halogens is 1. The molecular formula is C19H29ClN4O2S. The van der Waals surface area contributed by atoms with Gasteiger partial charge in [-0.05, 0) is 51.1 Å². The summed E-state index contributed by atoms with van der Waals surface area (Å²) in [5, 5.41) is 1.97. The van der Waals surface area contributed by atoms with Gasteiger partial charge < -0.3 is 10.5 Å². The Labute approximate surface area is 166 Å². The third-order valence-electron chi connectivity index (χ3n) is 5.20. The monoisotopic (exact) mass is 412 g/mol. The van der Waals surface area contributed by atoms with Crippen LogP contribution < -0.4 is 10.5 Å². The SMILES string of the molecule is CC[C@@](C)(N)c1cnc(OC(C)CC(C)(C)S(C)(=N)=O)c2cnc(Cl)cc12. The van der Waals surface area contributed by atoms with Crippen LogP contribution >= 0.6 is 11.6 Å². The summed E-state index contributed by atoms with van der Waals surface area (Å²) < 4.78 is 25.5. The van der Waals surface area contributed by atoms with E-state index in [1.54, 1.807) is 18.5 Å². The van der Waals surface area contributed by atoms with Crippen LogP contribution in [0.1, 0.15) is 53.0 Å². The summed E-state index contributed by atoms with van der Waals surface area (Å²) in [6.07, 6.45) is 5.74. The lowest BCUT2D eigenvalue weighted by Crippen LogP contribution is -2.35. The third-order valence-corrected chi connectivity index (χ3v) is 7.68. The number of nitrogens with two attached hydrogens (primary N) is 1. The van der Waals surface area contributed by atoms with Crippen LogP contribution in [0.4, 0.5) is 0 Å². The van der Waals surface area contributed by atoms with Gasteiger partial charge in [-0.15, -0.1) is 0 Å². The average Bonchev–Trinajstić information content (AvgIpc) is 2.52. The van der Waals surface area contributed by atoms with E-state index in [-0.39, 0.29) is 6.10 Å². The molecule has 2 unspecified atom stereocenters. The van der Waals surface area contributed by atoms with Gasteiger partial charge in [0.15, 0.2) is 0 Å². The zero-order chi connectivity index (χ0) is 20.6. The maximum Gasteiger partial charge on any atom is 0.223 e. The van der Waals surface area contributed by atoms with Gasteiger partial charge in [-0.1, -0.05) is 18.5 Å². The van der Waals surface area contributed by atoms with Gasteiger partial charge in [0.25, 0.3) is 0 Å². The van der Waals surface area contributed by atoms with E-state index < -0.39 is 20.0 Å². The summed E-state index contributed by atoms with van der Waals surface area (Å²) in [6.45, 7) is 9.50. The van der Waals surface area contributed by atoms with E-state index in [1.807, 2.05) is 34.6 Å². The molecule has 150 valence electrons. The fourth-order valence-corrected chi connectivity index (χ4v) is 3.62. The topological polar surface area (TPSA) is 102 Å². The standard InChI is InChI=1S/C19H29ClN4O2S/c1-7-19(5,21)15-11-24-17(14-10-23-16(20)8-13(14)15)26-12(2)9-18(3,4)27(6,22)25/h8,10-12,22H,7,9,21H2,1-6H3/t12?,19-,27?/m1/s1. The molecule has 0 saturated carbocycles. The van der Waals surface area contributed by atoms with Crippen molar-refractivity contribution in [3.8, 4) is 5.88 Å². The molecule has 0 amide bonds. The quantitative estimate of drug-likeness (QED) is 0.652. The van der Waals surface area contributed by atoms with Gasteiger partial charge in [0.05, 0.1) is 16.2 Å². The van der Waals surface area contributed by atoms with Gasteiger partial charge in [0, 0.05) is 40.3 Å². The number of nitrogens with one attached hydrogen (secondary N) is 1. The maximum atomic E-state index is 12.2. The normalized spacial score (nSPS) is 17.9. The van der Waals surface area contributed by atoms with Gasteiger partial charge >= 0.3 is 0 Å². The molecule has 6 nitrogen and oxygen atoms in total. The first-order valence-corrected chi connectivity index (χ1v) is 11.3. The van der Waals surface area contributed by atoms with Gasteiger partial charge in [-0.25, -0.2) is 14.2 Å². The number of aromatic nitrogens is 2. The summed E-state index contributed by atoms with van der Waals surface area (Å²) in [4.78, 5) is 8.65. The molecule has 0 aliphatic carbocycles. The summed E-state index contributed by atoms with van der Waals surface area (Å²) >= 11 is 6.11. The molecule has 0 fully saturated rings. The Kier molecular flexibility index (Phi) is 6.09. The number of fused-ring (bicyclic) bond motifs is 1. The number of pyridine rings is 2. The van der Waals surface area contributed by atoms with Crippen LogP contribution in [0.5, 0.6) is 5.88 Å². The molecule has 0 bridgehead atoms. The Morgan fingerprint density at radius 2 is 1.93 bits per heavy atom. The number of nitrogens with zero attached hydrogens (tertiary/aromatic N) is 2. The fraction of sp³-hybridized carbons (Fsp3) is 0.579. The van der Waals surface area contributed by atoms with Crippen LogP contribution in [0.2, 0.25) is 5.15 Å². The van der Waals surface area contributed by atoms with E-state index >= 15 is 0 Å². The first kappa shape index (κ1) is 21.9.